The van der Waals surface area contributed by atoms with Crippen LogP contribution in [0.4, 0.5) is 35.2 Å². The van der Waals surface area contributed by atoms with Gasteiger partial charge in [-0.3, -0.25) is 0 Å². The molecular formula is C26H23F3N8O2S. The van der Waals surface area contributed by atoms with Crippen molar-refractivity contribution in [1.82, 2.24) is 25.2 Å². The number of amides is 2. The third-order valence-corrected chi connectivity index (χ3v) is 7.00. The van der Waals surface area contributed by atoms with Gasteiger partial charge in [-0.1, -0.05) is 0 Å². The fraction of sp³-hybridized carbons (Fsp3) is 0.192. The number of aliphatic hydroxyl groups excluding tert-OH is 1. The molecule has 3 aromatic heterocycles. The summed E-state index contributed by atoms with van der Waals surface area (Å²) in [6.45, 7) is 1.98. The lowest BCUT2D eigenvalue weighted by Gasteiger charge is -2.12. The summed E-state index contributed by atoms with van der Waals surface area (Å²) in [4.78, 5) is 19.1. The van der Waals surface area contributed by atoms with E-state index >= 15 is 0 Å². The van der Waals surface area contributed by atoms with Gasteiger partial charge in [0, 0.05) is 44.9 Å². The number of fused-ring (bicyclic) bond motifs is 1. The first-order valence-electron chi connectivity index (χ1n) is 12.0. The minimum Gasteiger partial charge on any atom is -0.396 e. The van der Waals surface area contributed by atoms with E-state index < -0.39 is 17.8 Å². The molecule has 2 aromatic carbocycles. The maximum absolute atomic E-state index is 13.1. The second-order valence-corrected chi connectivity index (χ2v) is 10.1. The molecule has 40 heavy (non-hydrogen) atoms. The maximum atomic E-state index is 13.1. The fourth-order valence-electron chi connectivity index (χ4n) is 4.03. The SMILES string of the molecule is Cc1cc(NC(=O)Nc2ccc3sc(-c4cc(-c5nnn(CCCO)n5)cnc4N)cc3c2)cc(C(F)(F)F)c1. The molecule has 3 heterocycles. The van der Waals surface area contributed by atoms with Crippen molar-refractivity contribution in [2.75, 3.05) is 23.0 Å². The zero-order valence-corrected chi connectivity index (χ0v) is 21.8. The van der Waals surface area contributed by atoms with Crippen LogP contribution in [0.2, 0.25) is 0 Å². The van der Waals surface area contributed by atoms with Crippen molar-refractivity contribution in [3.63, 3.8) is 0 Å². The van der Waals surface area contributed by atoms with Crippen LogP contribution in [0.5, 0.6) is 0 Å². The molecule has 5 N–H and O–H groups in total. The fourth-order valence-corrected chi connectivity index (χ4v) is 5.09. The van der Waals surface area contributed by atoms with E-state index in [0.717, 1.165) is 27.1 Å². The Hall–Kier alpha value is -4.56. The van der Waals surface area contributed by atoms with Crippen molar-refractivity contribution < 1.29 is 23.1 Å². The average molecular weight is 569 g/mol. The van der Waals surface area contributed by atoms with Crippen LogP contribution in [0.15, 0.2) is 54.7 Å². The van der Waals surface area contributed by atoms with Crippen LogP contribution in [0.1, 0.15) is 17.5 Å². The minimum absolute atomic E-state index is 0.0216. The van der Waals surface area contributed by atoms with Crippen LogP contribution in [0, 0.1) is 6.92 Å². The zero-order chi connectivity index (χ0) is 28.4. The summed E-state index contributed by atoms with van der Waals surface area (Å²) in [5.74, 6) is 0.693. The highest BCUT2D eigenvalue weighted by Gasteiger charge is 2.31. The Bertz CT molecular complexity index is 1700. The number of thiophene rings is 1. The standard InChI is InChI=1S/C26H23F3N8O2S/c1-14-7-17(26(27,28)29)12-19(8-14)33-25(39)32-18-3-4-21-15(9-18)11-22(40-21)20-10-16(13-31-23(20)30)24-34-36-37(35-24)5-2-6-38/h3-4,7-13,38H,2,5-6H2,1H3,(H2,30,31)(H2,32,33,39). The van der Waals surface area contributed by atoms with Gasteiger partial charge in [-0.25, -0.2) is 9.78 Å². The molecule has 0 aliphatic heterocycles. The number of aryl methyl sites for hydroxylation is 2. The van der Waals surface area contributed by atoms with Gasteiger partial charge in [-0.05, 0) is 78.0 Å². The number of aliphatic hydroxyl groups is 1. The lowest BCUT2D eigenvalue weighted by Crippen LogP contribution is -2.20. The van der Waals surface area contributed by atoms with E-state index in [1.54, 1.807) is 18.3 Å². The molecule has 0 bridgehead atoms. The summed E-state index contributed by atoms with van der Waals surface area (Å²) >= 11 is 1.48. The zero-order valence-electron chi connectivity index (χ0n) is 21.0. The number of pyridine rings is 1. The van der Waals surface area contributed by atoms with Crippen molar-refractivity contribution in [1.29, 1.82) is 0 Å². The molecule has 0 spiro atoms. The van der Waals surface area contributed by atoms with Gasteiger partial charge in [0.25, 0.3) is 0 Å². The van der Waals surface area contributed by atoms with Crippen molar-refractivity contribution >= 4 is 44.6 Å². The van der Waals surface area contributed by atoms with E-state index in [2.05, 4.69) is 31.0 Å². The summed E-state index contributed by atoms with van der Waals surface area (Å²) < 4.78 is 40.3. The Morgan fingerprint density at radius 2 is 1.90 bits per heavy atom. The largest absolute Gasteiger partial charge is 0.416 e. The first-order chi connectivity index (χ1) is 19.1. The van der Waals surface area contributed by atoms with Gasteiger partial charge in [0.15, 0.2) is 0 Å². The average Bonchev–Trinajstić information content (AvgIpc) is 3.54. The van der Waals surface area contributed by atoms with Crippen molar-refractivity contribution in [3.8, 4) is 21.8 Å². The molecule has 0 saturated heterocycles. The number of nitrogen functional groups attached to an aromatic ring is 1. The number of nitrogens with zero attached hydrogens (tertiary/aromatic N) is 5. The normalized spacial score (nSPS) is 11.6. The van der Waals surface area contributed by atoms with Crippen LogP contribution in [-0.4, -0.2) is 42.9 Å². The number of aromatic nitrogens is 5. The van der Waals surface area contributed by atoms with Gasteiger partial charge in [-0.2, -0.15) is 18.0 Å². The molecule has 14 heteroatoms. The third-order valence-electron chi connectivity index (χ3n) is 5.85. The Morgan fingerprint density at radius 1 is 1.10 bits per heavy atom. The van der Waals surface area contributed by atoms with Gasteiger partial charge in [0.2, 0.25) is 5.82 Å². The number of anilines is 3. The van der Waals surface area contributed by atoms with E-state index in [0.29, 0.717) is 47.0 Å². The van der Waals surface area contributed by atoms with Gasteiger partial charge >= 0.3 is 12.2 Å². The van der Waals surface area contributed by atoms with Gasteiger partial charge in [0.1, 0.15) is 5.82 Å². The van der Waals surface area contributed by atoms with Crippen LogP contribution in [0.3, 0.4) is 0 Å². The molecular weight excluding hydrogens is 545 g/mol. The number of hydrogen-bond acceptors (Lipinski definition) is 8. The lowest BCUT2D eigenvalue weighted by atomic mass is 10.1. The number of hydrogen-bond donors (Lipinski definition) is 4. The number of nitrogens with two attached hydrogens (primary N) is 1. The molecule has 5 rings (SSSR count). The van der Waals surface area contributed by atoms with Crippen molar-refractivity contribution in [3.05, 3.63) is 65.9 Å². The minimum atomic E-state index is -4.52. The number of benzene rings is 2. The number of carbonyl (C=O) groups excluding carboxylic acids is 1. The number of halogens is 3. The highest BCUT2D eigenvalue weighted by Crippen LogP contribution is 2.38. The van der Waals surface area contributed by atoms with Crippen molar-refractivity contribution in [2.45, 2.75) is 26.1 Å². The Labute approximate surface area is 229 Å². The van der Waals surface area contributed by atoms with Gasteiger partial charge in [0.05, 0.1) is 12.1 Å². The third kappa shape index (κ3) is 6.02. The molecule has 0 aliphatic carbocycles. The van der Waals surface area contributed by atoms with Crippen LogP contribution >= 0.6 is 11.3 Å². The lowest BCUT2D eigenvalue weighted by molar-refractivity contribution is -0.137. The summed E-state index contributed by atoms with van der Waals surface area (Å²) in [5, 5.41) is 27.3. The predicted octanol–water partition coefficient (Wildman–Crippen LogP) is 5.55. The quantitative estimate of drug-likeness (QED) is 0.201. The predicted molar refractivity (Wildman–Crippen MR) is 147 cm³/mol. The number of carbonyl (C=O) groups is 1. The maximum Gasteiger partial charge on any atom is 0.416 e. The number of urea groups is 1. The topological polar surface area (TPSA) is 144 Å². The van der Waals surface area contributed by atoms with Crippen LogP contribution in [-0.2, 0) is 12.7 Å². The smallest absolute Gasteiger partial charge is 0.396 e. The number of tetrazole rings is 1. The molecule has 206 valence electrons. The number of alkyl halides is 3. The second-order valence-electron chi connectivity index (χ2n) is 8.97. The molecule has 2 amide bonds. The van der Waals surface area contributed by atoms with E-state index in [4.69, 9.17) is 10.8 Å². The summed E-state index contributed by atoms with van der Waals surface area (Å²) in [5.41, 5.74) is 7.51. The molecule has 0 saturated carbocycles. The monoisotopic (exact) mass is 568 g/mol. The Morgan fingerprint density at radius 3 is 2.67 bits per heavy atom. The number of nitrogens with one attached hydrogen (secondary N) is 2. The highest BCUT2D eigenvalue weighted by molar-refractivity contribution is 7.22. The summed E-state index contributed by atoms with van der Waals surface area (Å²) in [7, 11) is 0. The van der Waals surface area contributed by atoms with Gasteiger partial charge in [-0.15, -0.1) is 21.5 Å². The van der Waals surface area contributed by atoms with E-state index in [1.807, 2.05) is 18.2 Å². The first kappa shape index (κ1) is 27.0. The highest BCUT2D eigenvalue weighted by atomic mass is 32.1. The molecule has 5 aromatic rings. The molecule has 0 radical (unpaired) electrons. The molecule has 10 nitrogen and oxygen atoms in total. The van der Waals surface area contributed by atoms with E-state index in [-0.39, 0.29) is 12.3 Å². The molecule has 0 fully saturated rings. The summed E-state index contributed by atoms with van der Waals surface area (Å²) in [6.07, 6.45) is -2.45. The summed E-state index contributed by atoms with van der Waals surface area (Å²) in [6, 6.07) is 11.7. The number of rotatable bonds is 7. The Kier molecular flexibility index (Phi) is 7.36. The molecule has 0 atom stereocenters. The van der Waals surface area contributed by atoms with Crippen LogP contribution in [0.25, 0.3) is 31.9 Å². The molecule has 0 unspecified atom stereocenters. The second kappa shape index (κ2) is 10.9. The molecule has 0 aliphatic rings. The first-order valence-corrected chi connectivity index (χ1v) is 12.9. The van der Waals surface area contributed by atoms with E-state index in [1.165, 1.54) is 29.1 Å². The Balaban J connectivity index is 1.35. The van der Waals surface area contributed by atoms with Gasteiger partial charge < -0.3 is 21.5 Å². The van der Waals surface area contributed by atoms with Crippen LogP contribution < -0.4 is 16.4 Å². The van der Waals surface area contributed by atoms with E-state index in [9.17, 15) is 18.0 Å². The van der Waals surface area contributed by atoms with Crippen molar-refractivity contribution in [2.24, 2.45) is 0 Å².